The van der Waals surface area contributed by atoms with Gasteiger partial charge in [0.1, 0.15) is 6.07 Å². The van der Waals surface area contributed by atoms with Crippen LogP contribution in [0.5, 0.6) is 0 Å². The number of hydrogen-bond donors (Lipinski definition) is 0. The third-order valence-corrected chi connectivity index (χ3v) is 3.19. The van der Waals surface area contributed by atoms with Crippen molar-refractivity contribution in [2.45, 2.75) is 23.6 Å². The molecule has 7 nitrogen and oxygen atoms in total. The summed E-state index contributed by atoms with van der Waals surface area (Å²) in [5.74, 6) is -0.345. The fraction of sp³-hybridized carbons (Fsp3) is 0.364. The molecule has 0 aliphatic rings. The Balaban J connectivity index is 2.84. The summed E-state index contributed by atoms with van der Waals surface area (Å²) >= 11 is 1.25. The Morgan fingerprint density at radius 2 is 2.37 bits per heavy atom. The number of hydrogen-bond acceptors (Lipinski definition) is 7. The maximum absolute atomic E-state index is 11.1. The molecule has 0 fully saturated rings. The van der Waals surface area contributed by atoms with E-state index in [0.717, 1.165) is 0 Å². The monoisotopic (exact) mass is 281 g/mol. The van der Waals surface area contributed by atoms with E-state index < -0.39 is 4.92 Å². The van der Waals surface area contributed by atoms with E-state index in [4.69, 9.17) is 5.26 Å². The lowest BCUT2D eigenvalue weighted by molar-refractivity contribution is -0.385. The molecule has 0 N–H and O–H groups in total. The first-order valence-corrected chi connectivity index (χ1v) is 6.15. The second-order valence-corrected chi connectivity index (χ2v) is 5.05. The summed E-state index contributed by atoms with van der Waals surface area (Å²) in [5, 5.41) is 19.8. The van der Waals surface area contributed by atoms with Crippen molar-refractivity contribution >= 4 is 23.4 Å². The second kappa shape index (κ2) is 6.70. The van der Waals surface area contributed by atoms with Crippen LogP contribution in [0.25, 0.3) is 0 Å². The summed E-state index contributed by atoms with van der Waals surface area (Å²) < 4.78 is 4.54. The van der Waals surface area contributed by atoms with E-state index in [2.05, 4.69) is 9.72 Å². The Morgan fingerprint density at radius 3 is 2.89 bits per heavy atom. The molecule has 1 aromatic heterocycles. The first-order chi connectivity index (χ1) is 8.97. The lowest BCUT2D eigenvalue weighted by Crippen LogP contribution is -2.08. The lowest BCUT2D eigenvalue weighted by atomic mass is 10.3. The highest BCUT2D eigenvalue weighted by Gasteiger charge is 2.17. The lowest BCUT2D eigenvalue weighted by Gasteiger charge is -2.08. The molecule has 1 heterocycles. The van der Waals surface area contributed by atoms with Gasteiger partial charge in [0.15, 0.2) is 0 Å². The highest BCUT2D eigenvalue weighted by atomic mass is 32.2. The van der Waals surface area contributed by atoms with Gasteiger partial charge in [-0.3, -0.25) is 14.9 Å². The molecule has 0 aliphatic carbocycles. The first-order valence-electron chi connectivity index (χ1n) is 5.27. The predicted octanol–water partition coefficient (Wildman–Crippen LogP) is 1.91. The molecule has 0 radical (unpaired) electrons. The Hall–Kier alpha value is -2.14. The fourth-order valence-corrected chi connectivity index (χ4v) is 2.22. The molecule has 0 aliphatic heterocycles. The van der Waals surface area contributed by atoms with Gasteiger partial charge >= 0.3 is 11.7 Å². The normalized spacial score (nSPS) is 11.4. The molecule has 0 amide bonds. The summed E-state index contributed by atoms with van der Waals surface area (Å²) in [5.41, 5.74) is -0.562. The number of nitro groups is 1. The summed E-state index contributed by atoms with van der Waals surface area (Å²) in [6, 6.07) is 4.38. The van der Waals surface area contributed by atoms with Gasteiger partial charge in [-0.25, -0.2) is 4.98 Å². The van der Waals surface area contributed by atoms with Crippen LogP contribution in [0.3, 0.4) is 0 Å². The van der Waals surface area contributed by atoms with Crippen LogP contribution in [0.4, 0.5) is 5.69 Å². The van der Waals surface area contributed by atoms with E-state index in [-0.39, 0.29) is 29.0 Å². The third kappa shape index (κ3) is 4.22. The third-order valence-electron chi connectivity index (χ3n) is 2.15. The van der Waals surface area contributed by atoms with Crippen LogP contribution in [0, 0.1) is 21.4 Å². The van der Waals surface area contributed by atoms with Crippen molar-refractivity contribution in [3.05, 3.63) is 27.9 Å². The van der Waals surface area contributed by atoms with Crippen LogP contribution < -0.4 is 0 Å². The van der Waals surface area contributed by atoms with Crippen LogP contribution in [0.1, 0.15) is 19.0 Å². The summed E-state index contributed by atoms with van der Waals surface area (Å²) in [6.07, 6.45) is 0.196. The van der Waals surface area contributed by atoms with Gasteiger partial charge in [0.25, 0.3) is 0 Å². The van der Waals surface area contributed by atoms with E-state index in [1.165, 1.54) is 31.0 Å². The fourth-order valence-electron chi connectivity index (χ4n) is 1.29. The number of thioether (sulfide) groups is 1. The highest BCUT2D eigenvalue weighted by Crippen LogP contribution is 2.26. The van der Waals surface area contributed by atoms with Gasteiger partial charge in [-0.05, 0) is 6.07 Å². The number of aromatic nitrogens is 1. The Bertz CT molecular complexity index is 541. The summed E-state index contributed by atoms with van der Waals surface area (Å²) in [6.45, 7) is 1.80. The molecule has 1 atom stereocenters. The zero-order valence-corrected chi connectivity index (χ0v) is 11.1. The van der Waals surface area contributed by atoms with Crippen LogP contribution in [-0.2, 0) is 9.53 Å². The number of pyridine rings is 1. The van der Waals surface area contributed by atoms with Crippen LogP contribution >= 0.6 is 11.8 Å². The van der Waals surface area contributed by atoms with Gasteiger partial charge in [0.2, 0.25) is 5.69 Å². The molecule has 1 rings (SSSR count). The van der Waals surface area contributed by atoms with E-state index in [1.807, 2.05) is 0 Å². The van der Waals surface area contributed by atoms with Gasteiger partial charge < -0.3 is 4.74 Å². The summed E-state index contributed by atoms with van der Waals surface area (Å²) in [4.78, 5) is 25.0. The zero-order valence-electron chi connectivity index (χ0n) is 10.3. The zero-order chi connectivity index (χ0) is 14.4. The van der Waals surface area contributed by atoms with Crippen LogP contribution in [0.15, 0.2) is 17.2 Å². The van der Waals surface area contributed by atoms with E-state index in [1.54, 1.807) is 13.0 Å². The quantitative estimate of drug-likeness (QED) is 0.351. The molecule has 19 heavy (non-hydrogen) atoms. The smallest absolute Gasteiger partial charge is 0.306 e. The van der Waals surface area contributed by atoms with Crippen molar-refractivity contribution in [3.63, 3.8) is 0 Å². The number of ether oxygens (including phenoxy) is 1. The number of carbonyl (C=O) groups is 1. The minimum atomic E-state index is -0.655. The number of rotatable bonds is 5. The van der Waals surface area contributed by atoms with Crippen molar-refractivity contribution in [2.24, 2.45) is 0 Å². The molecule has 8 heteroatoms. The van der Waals surface area contributed by atoms with Gasteiger partial charge in [-0.15, -0.1) is 11.8 Å². The Labute approximate surface area is 113 Å². The van der Waals surface area contributed by atoms with Gasteiger partial charge in [0, 0.05) is 11.3 Å². The van der Waals surface area contributed by atoms with Crippen molar-refractivity contribution in [1.29, 1.82) is 5.26 Å². The largest absolute Gasteiger partial charge is 0.469 e. The van der Waals surface area contributed by atoms with Gasteiger partial charge in [0.05, 0.1) is 23.5 Å². The van der Waals surface area contributed by atoms with Crippen molar-refractivity contribution in [3.8, 4) is 6.07 Å². The van der Waals surface area contributed by atoms with Gasteiger partial charge in [-0.2, -0.15) is 5.26 Å². The number of nitrogens with zero attached hydrogens (tertiary/aromatic N) is 3. The number of carbonyl (C=O) groups excluding carboxylic acids is 1. The molecule has 0 spiro atoms. The molecule has 1 unspecified atom stereocenters. The average molecular weight is 281 g/mol. The van der Waals surface area contributed by atoms with Crippen LogP contribution in [0.2, 0.25) is 0 Å². The maximum Gasteiger partial charge on any atom is 0.306 e. The molecule has 0 saturated carbocycles. The first kappa shape index (κ1) is 14.9. The molecule has 1 aromatic rings. The maximum atomic E-state index is 11.1. The van der Waals surface area contributed by atoms with E-state index in [9.17, 15) is 14.9 Å². The van der Waals surface area contributed by atoms with Crippen molar-refractivity contribution in [1.82, 2.24) is 4.98 Å². The van der Waals surface area contributed by atoms with Crippen LogP contribution in [-0.4, -0.2) is 28.2 Å². The number of methoxy groups -OCH3 is 1. The molecule has 0 saturated heterocycles. The van der Waals surface area contributed by atoms with Gasteiger partial charge in [-0.1, -0.05) is 6.92 Å². The minimum absolute atomic E-state index is 0.104. The summed E-state index contributed by atoms with van der Waals surface area (Å²) in [7, 11) is 1.30. The van der Waals surface area contributed by atoms with E-state index >= 15 is 0 Å². The minimum Gasteiger partial charge on any atom is -0.469 e. The molecule has 0 aromatic carbocycles. The Morgan fingerprint density at radius 1 is 1.68 bits per heavy atom. The highest BCUT2D eigenvalue weighted by molar-refractivity contribution is 7.99. The average Bonchev–Trinajstić information content (AvgIpc) is 2.37. The predicted molar refractivity (Wildman–Crippen MR) is 67.6 cm³/mol. The molecule has 100 valence electrons. The Kier molecular flexibility index (Phi) is 5.26. The van der Waals surface area contributed by atoms with Crippen molar-refractivity contribution < 1.29 is 14.5 Å². The second-order valence-electron chi connectivity index (χ2n) is 3.59. The number of esters is 1. The molecular weight excluding hydrogens is 270 g/mol. The number of nitriles is 1. The topological polar surface area (TPSA) is 106 Å². The SMILES string of the molecule is COC(=O)CC(C)Sc1ccc([N+](=O)[O-])c(C#N)n1. The van der Waals surface area contributed by atoms with Crippen molar-refractivity contribution in [2.75, 3.05) is 7.11 Å². The molecule has 0 bridgehead atoms. The van der Waals surface area contributed by atoms with E-state index in [0.29, 0.717) is 5.03 Å². The molecular formula is C11H11N3O4S. The standard InChI is InChI=1S/C11H11N3O4S/c1-7(5-11(15)18-2)19-10-4-3-9(14(16)17)8(6-12)13-10/h3-4,7H,5H2,1-2H3.